The maximum Gasteiger partial charge on any atom is 0.313 e. The van der Waals surface area contributed by atoms with Crippen molar-refractivity contribution in [3.8, 4) is 0 Å². The summed E-state index contributed by atoms with van der Waals surface area (Å²) in [6, 6.07) is 2.05. The van der Waals surface area contributed by atoms with E-state index >= 15 is 0 Å². The largest absolute Gasteiger partial charge is 0.466 e. The lowest BCUT2D eigenvalue weighted by Crippen LogP contribution is -2.12. The third kappa shape index (κ3) is 4.28. The van der Waals surface area contributed by atoms with Crippen molar-refractivity contribution in [3.05, 3.63) is 23.5 Å². The Kier molecular flexibility index (Phi) is 5.32. The number of hydrogen-bond acceptors (Lipinski definition) is 7. The fourth-order valence-electron chi connectivity index (χ4n) is 1.79. The number of nitrogens with zero attached hydrogens (tertiary/aromatic N) is 1. The number of Topliss-reactive ketones (excluding diaryl/α,β-unsaturated/α-hetero) is 1. The monoisotopic (exact) mass is 340 g/mol. The Morgan fingerprint density at radius 3 is 2.78 bits per heavy atom. The molecule has 0 aliphatic carbocycles. The van der Waals surface area contributed by atoms with E-state index in [-0.39, 0.29) is 46.4 Å². The molecular weight excluding hydrogens is 327 g/mol. The first kappa shape index (κ1) is 16.9. The van der Waals surface area contributed by atoms with Gasteiger partial charge in [0, 0.05) is 6.07 Å². The van der Waals surface area contributed by atoms with Crippen LogP contribution in [0.3, 0.4) is 0 Å². The lowest BCUT2D eigenvalue weighted by Gasteiger charge is -1.99. The van der Waals surface area contributed by atoms with Crippen LogP contribution >= 0.6 is 11.8 Å². The number of carbonyl (C=O) groups excluding carboxylic acids is 3. The lowest BCUT2D eigenvalue weighted by atomic mass is 10.2. The number of benzene rings is 1. The molecule has 0 atom stereocenters. The number of oxazole rings is 1. The number of hydrogen-bond donors (Lipinski definition) is 1. The van der Waals surface area contributed by atoms with E-state index in [9.17, 15) is 18.8 Å². The number of ketones is 1. The molecule has 0 bridgehead atoms. The third-order valence-electron chi connectivity index (χ3n) is 2.70. The predicted octanol–water partition coefficient (Wildman–Crippen LogP) is 1.68. The van der Waals surface area contributed by atoms with Crippen molar-refractivity contribution >= 4 is 40.5 Å². The summed E-state index contributed by atoms with van der Waals surface area (Å²) in [5.74, 6) is -2.55. The average molecular weight is 340 g/mol. The first-order valence-electron chi connectivity index (χ1n) is 6.60. The van der Waals surface area contributed by atoms with Gasteiger partial charge in [0.25, 0.3) is 11.1 Å². The second-order valence-electron chi connectivity index (χ2n) is 4.45. The quantitative estimate of drug-likeness (QED) is 0.463. The van der Waals surface area contributed by atoms with Crippen LogP contribution in [0.5, 0.6) is 0 Å². The standard InChI is InChI=1S/C14H13FN2O5S/c1-2-21-11(19)5-8(18)6-23-14-17-10-4-7(15)3-9(13(16)20)12(10)22-14/h3-4H,2,5-6H2,1H3,(H2,16,20). The molecule has 0 aliphatic heterocycles. The van der Waals surface area contributed by atoms with E-state index in [1.807, 2.05) is 0 Å². The minimum Gasteiger partial charge on any atom is -0.466 e. The average Bonchev–Trinajstić information content (AvgIpc) is 2.86. The Bertz CT molecular complexity index is 774. The molecule has 0 radical (unpaired) electrons. The second-order valence-corrected chi connectivity index (χ2v) is 5.38. The number of ether oxygens (including phenoxy) is 1. The van der Waals surface area contributed by atoms with Crippen molar-refractivity contribution in [2.45, 2.75) is 18.6 Å². The molecule has 0 saturated carbocycles. The highest BCUT2D eigenvalue weighted by molar-refractivity contribution is 7.99. The SMILES string of the molecule is CCOC(=O)CC(=O)CSc1nc2cc(F)cc(C(N)=O)c2o1. The van der Waals surface area contributed by atoms with Gasteiger partial charge in [-0.15, -0.1) is 0 Å². The fraction of sp³-hybridized carbons (Fsp3) is 0.286. The van der Waals surface area contributed by atoms with E-state index < -0.39 is 17.7 Å². The van der Waals surface area contributed by atoms with Crippen molar-refractivity contribution in [1.82, 2.24) is 4.98 Å². The van der Waals surface area contributed by atoms with Crippen LogP contribution in [0.2, 0.25) is 0 Å². The topological polar surface area (TPSA) is 112 Å². The zero-order valence-electron chi connectivity index (χ0n) is 12.1. The van der Waals surface area contributed by atoms with Gasteiger partial charge in [-0.2, -0.15) is 0 Å². The maximum atomic E-state index is 13.4. The molecule has 1 aromatic heterocycles. The predicted molar refractivity (Wildman–Crippen MR) is 79.5 cm³/mol. The van der Waals surface area contributed by atoms with Gasteiger partial charge >= 0.3 is 5.97 Å². The van der Waals surface area contributed by atoms with Gasteiger partial charge in [-0.1, -0.05) is 11.8 Å². The van der Waals surface area contributed by atoms with Crippen molar-refractivity contribution in [1.29, 1.82) is 0 Å². The van der Waals surface area contributed by atoms with Gasteiger partial charge in [0.2, 0.25) is 0 Å². The van der Waals surface area contributed by atoms with Gasteiger partial charge in [0.15, 0.2) is 11.4 Å². The highest BCUT2D eigenvalue weighted by atomic mass is 32.2. The van der Waals surface area contributed by atoms with E-state index in [0.717, 1.165) is 23.9 Å². The molecule has 2 N–H and O–H groups in total. The molecule has 1 heterocycles. The number of thioether (sulfide) groups is 1. The number of halogens is 1. The van der Waals surface area contributed by atoms with Crippen LogP contribution in [-0.4, -0.2) is 35.0 Å². The van der Waals surface area contributed by atoms with Crippen LogP contribution in [0.1, 0.15) is 23.7 Å². The number of nitrogens with two attached hydrogens (primary N) is 1. The third-order valence-corrected chi connectivity index (χ3v) is 3.59. The Morgan fingerprint density at radius 1 is 1.39 bits per heavy atom. The highest BCUT2D eigenvalue weighted by Crippen LogP contribution is 2.27. The first-order valence-corrected chi connectivity index (χ1v) is 7.59. The minimum atomic E-state index is -0.847. The maximum absolute atomic E-state index is 13.4. The van der Waals surface area contributed by atoms with E-state index in [2.05, 4.69) is 9.72 Å². The Morgan fingerprint density at radius 2 is 2.13 bits per heavy atom. The Labute approximate surface area is 134 Å². The molecule has 7 nitrogen and oxygen atoms in total. The summed E-state index contributed by atoms with van der Waals surface area (Å²) in [5, 5.41) is 0.0744. The van der Waals surface area contributed by atoms with Gasteiger partial charge < -0.3 is 14.9 Å². The summed E-state index contributed by atoms with van der Waals surface area (Å²) in [7, 11) is 0. The van der Waals surface area contributed by atoms with E-state index in [0.29, 0.717) is 0 Å². The smallest absolute Gasteiger partial charge is 0.313 e. The zero-order chi connectivity index (χ0) is 17.0. The molecule has 1 aromatic carbocycles. The molecule has 0 saturated heterocycles. The molecule has 0 unspecified atom stereocenters. The second kappa shape index (κ2) is 7.23. The summed E-state index contributed by atoms with van der Waals surface area (Å²) >= 11 is 0.931. The number of fused-ring (bicyclic) bond motifs is 1. The summed E-state index contributed by atoms with van der Waals surface area (Å²) in [6.45, 7) is 1.84. The van der Waals surface area contributed by atoms with E-state index in [1.165, 1.54) is 0 Å². The van der Waals surface area contributed by atoms with Gasteiger partial charge in [-0.05, 0) is 13.0 Å². The van der Waals surface area contributed by atoms with Crippen molar-refractivity contribution in [3.63, 3.8) is 0 Å². The molecule has 0 spiro atoms. The lowest BCUT2D eigenvalue weighted by molar-refractivity contribution is -0.145. The van der Waals surface area contributed by atoms with Crippen LogP contribution in [0.4, 0.5) is 4.39 Å². The molecule has 122 valence electrons. The number of amides is 1. The van der Waals surface area contributed by atoms with Gasteiger partial charge in [-0.25, -0.2) is 9.37 Å². The van der Waals surface area contributed by atoms with Gasteiger partial charge in [0.05, 0.1) is 17.9 Å². The Hall–Kier alpha value is -2.42. The fourth-order valence-corrected chi connectivity index (χ4v) is 2.48. The first-order chi connectivity index (χ1) is 10.9. The van der Waals surface area contributed by atoms with Crippen LogP contribution in [-0.2, 0) is 14.3 Å². The van der Waals surface area contributed by atoms with Crippen LogP contribution in [0, 0.1) is 5.82 Å². The minimum absolute atomic E-state index is 0.0549. The van der Waals surface area contributed by atoms with Crippen LogP contribution < -0.4 is 5.73 Å². The van der Waals surface area contributed by atoms with Crippen LogP contribution in [0.15, 0.2) is 21.8 Å². The van der Waals surface area contributed by atoms with Gasteiger partial charge in [0.1, 0.15) is 17.8 Å². The van der Waals surface area contributed by atoms with Crippen molar-refractivity contribution in [2.75, 3.05) is 12.4 Å². The van der Waals surface area contributed by atoms with Crippen LogP contribution in [0.25, 0.3) is 11.1 Å². The molecule has 0 aliphatic rings. The van der Waals surface area contributed by atoms with E-state index in [1.54, 1.807) is 6.92 Å². The molecule has 1 amide bonds. The van der Waals surface area contributed by atoms with Gasteiger partial charge in [-0.3, -0.25) is 14.4 Å². The van der Waals surface area contributed by atoms with Crippen molar-refractivity contribution < 1.29 is 27.9 Å². The number of aromatic nitrogens is 1. The highest BCUT2D eigenvalue weighted by Gasteiger charge is 2.17. The molecule has 9 heteroatoms. The molecule has 2 aromatic rings. The number of rotatable bonds is 7. The van der Waals surface area contributed by atoms with Crippen molar-refractivity contribution in [2.24, 2.45) is 5.73 Å². The Balaban J connectivity index is 2.10. The summed E-state index contributed by atoms with van der Waals surface area (Å²) < 4.78 is 23.4. The molecule has 0 fully saturated rings. The summed E-state index contributed by atoms with van der Waals surface area (Å²) in [4.78, 5) is 38.1. The number of primary amides is 1. The summed E-state index contributed by atoms with van der Waals surface area (Å²) in [5.41, 5.74) is 5.21. The normalized spacial score (nSPS) is 10.7. The van der Waals surface area contributed by atoms with E-state index in [4.69, 9.17) is 10.2 Å². The molecule has 2 rings (SSSR count). The number of carbonyl (C=O) groups is 3. The zero-order valence-corrected chi connectivity index (χ0v) is 12.9. The molecule has 23 heavy (non-hydrogen) atoms. The summed E-state index contributed by atoms with van der Waals surface area (Å²) in [6.07, 6.45) is -0.345. The number of esters is 1. The molecular formula is C14H13FN2O5S.